The summed E-state index contributed by atoms with van der Waals surface area (Å²) in [5.74, 6) is 1.18. The van der Waals surface area contributed by atoms with Gasteiger partial charge in [0.15, 0.2) is 0 Å². The Balaban J connectivity index is 1.73. The Labute approximate surface area is 161 Å². The number of rotatable bonds is 8. The number of pyridine rings is 1. The Hall–Kier alpha value is -2.11. The molecule has 2 aliphatic rings. The van der Waals surface area contributed by atoms with Crippen molar-refractivity contribution in [2.75, 3.05) is 13.7 Å². The van der Waals surface area contributed by atoms with E-state index in [1.54, 1.807) is 13.1 Å². The maximum absolute atomic E-state index is 12.8. The highest BCUT2D eigenvalue weighted by atomic mass is 16.5. The molecule has 0 spiro atoms. The van der Waals surface area contributed by atoms with E-state index in [1.165, 1.54) is 12.8 Å². The Kier molecular flexibility index (Phi) is 5.72. The highest BCUT2D eigenvalue weighted by Gasteiger charge is 2.31. The van der Waals surface area contributed by atoms with Crippen molar-refractivity contribution in [3.8, 4) is 5.88 Å². The maximum atomic E-state index is 12.8. The second kappa shape index (κ2) is 7.87. The van der Waals surface area contributed by atoms with Gasteiger partial charge in [-0.3, -0.25) is 9.59 Å². The molecule has 0 bridgehead atoms. The summed E-state index contributed by atoms with van der Waals surface area (Å²) in [6.07, 6.45) is 5.26. The predicted octanol–water partition coefficient (Wildman–Crippen LogP) is 3.03. The zero-order valence-electron chi connectivity index (χ0n) is 16.8. The second-order valence-corrected chi connectivity index (χ2v) is 9.02. The normalized spacial score (nSPS) is 17.9. The van der Waals surface area contributed by atoms with E-state index in [9.17, 15) is 9.59 Å². The highest BCUT2D eigenvalue weighted by Crippen LogP contribution is 2.44. The average Bonchev–Trinajstić information content (AvgIpc) is 3.50. The van der Waals surface area contributed by atoms with Crippen LogP contribution in [-0.4, -0.2) is 36.5 Å². The molecule has 148 valence electrons. The lowest BCUT2D eigenvalue weighted by molar-refractivity contribution is -0.123. The standard InChI is InChI=1S/C21H31N3O3/c1-21(2,3)11-17(18(25)22-4)23-19(26)16-10-9-15(14-7-8-14)20(24-16)27-12-13-5-6-13/h9-10,13-14,17H,5-8,11-12H2,1-4H3,(H,22,25)(H,23,26)/t17-/m0/s1. The molecule has 0 unspecified atom stereocenters. The molecule has 1 heterocycles. The van der Waals surface area contributed by atoms with Gasteiger partial charge in [0, 0.05) is 12.6 Å². The Morgan fingerprint density at radius 3 is 2.48 bits per heavy atom. The Morgan fingerprint density at radius 2 is 1.93 bits per heavy atom. The van der Waals surface area contributed by atoms with Crippen LogP contribution in [0.25, 0.3) is 0 Å². The lowest BCUT2D eigenvalue weighted by Crippen LogP contribution is -2.47. The van der Waals surface area contributed by atoms with Gasteiger partial charge >= 0.3 is 0 Å². The van der Waals surface area contributed by atoms with Gasteiger partial charge < -0.3 is 15.4 Å². The van der Waals surface area contributed by atoms with Crippen molar-refractivity contribution in [3.05, 3.63) is 23.4 Å². The molecule has 6 nitrogen and oxygen atoms in total. The van der Waals surface area contributed by atoms with E-state index in [0.717, 1.165) is 18.4 Å². The minimum atomic E-state index is -0.594. The van der Waals surface area contributed by atoms with Crippen molar-refractivity contribution < 1.29 is 14.3 Å². The number of ether oxygens (including phenoxy) is 1. The van der Waals surface area contributed by atoms with Crippen LogP contribution in [0.2, 0.25) is 0 Å². The minimum absolute atomic E-state index is 0.0910. The number of carbonyl (C=O) groups excluding carboxylic acids is 2. The first kappa shape index (κ1) is 19.6. The van der Waals surface area contributed by atoms with E-state index in [-0.39, 0.29) is 17.2 Å². The van der Waals surface area contributed by atoms with Crippen LogP contribution in [-0.2, 0) is 4.79 Å². The van der Waals surface area contributed by atoms with Crippen molar-refractivity contribution in [3.63, 3.8) is 0 Å². The van der Waals surface area contributed by atoms with Gasteiger partial charge in [-0.25, -0.2) is 4.98 Å². The van der Waals surface area contributed by atoms with Gasteiger partial charge in [-0.1, -0.05) is 26.8 Å². The molecule has 2 fully saturated rings. The van der Waals surface area contributed by atoms with E-state index in [2.05, 4.69) is 15.6 Å². The lowest BCUT2D eigenvalue weighted by atomic mass is 9.87. The third-order valence-electron chi connectivity index (χ3n) is 4.98. The number of amides is 2. The number of carbonyl (C=O) groups is 2. The van der Waals surface area contributed by atoms with Gasteiger partial charge in [0.05, 0.1) is 6.61 Å². The van der Waals surface area contributed by atoms with Crippen LogP contribution in [0.15, 0.2) is 12.1 Å². The summed E-state index contributed by atoms with van der Waals surface area (Å²) in [6.45, 7) is 6.80. The van der Waals surface area contributed by atoms with Crippen molar-refractivity contribution >= 4 is 11.8 Å². The fourth-order valence-corrected chi connectivity index (χ4v) is 3.11. The molecule has 27 heavy (non-hydrogen) atoms. The zero-order valence-corrected chi connectivity index (χ0v) is 16.8. The van der Waals surface area contributed by atoms with Gasteiger partial charge in [-0.2, -0.15) is 0 Å². The van der Waals surface area contributed by atoms with E-state index in [4.69, 9.17) is 4.74 Å². The molecular weight excluding hydrogens is 342 g/mol. The van der Waals surface area contributed by atoms with E-state index in [1.807, 2.05) is 26.8 Å². The van der Waals surface area contributed by atoms with Crippen LogP contribution < -0.4 is 15.4 Å². The molecule has 3 rings (SSSR count). The molecule has 1 aromatic rings. The van der Waals surface area contributed by atoms with E-state index < -0.39 is 6.04 Å². The van der Waals surface area contributed by atoms with Crippen LogP contribution in [0.4, 0.5) is 0 Å². The van der Waals surface area contributed by atoms with Gasteiger partial charge in [0.2, 0.25) is 11.8 Å². The van der Waals surface area contributed by atoms with Gasteiger partial charge in [0.1, 0.15) is 11.7 Å². The van der Waals surface area contributed by atoms with Crippen LogP contribution in [0.5, 0.6) is 5.88 Å². The summed E-state index contributed by atoms with van der Waals surface area (Å²) in [4.78, 5) is 29.4. The molecule has 2 saturated carbocycles. The molecule has 2 N–H and O–H groups in total. The van der Waals surface area contributed by atoms with Crippen LogP contribution >= 0.6 is 0 Å². The number of hydrogen-bond acceptors (Lipinski definition) is 4. The number of nitrogens with one attached hydrogen (secondary N) is 2. The van der Waals surface area contributed by atoms with Crippen LogP contribution in [0, 0.1) is 11.3 Å². The lowest BCUT2D eigenvalue weighted by Gasteiger charge is -2.25. The van der Waals surface area contributed by atoms with Crippen LogP contribution in [0.3, 0.4) is 0 Å². The third kappa shape index (κ3) is 5.68. The van der Waals surface area contributed by atoms with Crippen molar-refractivity contribution in [1.29, 1.82) is 0 Å². The summed E-state index contributed by atoms with van der Waals surface area (Å²) in [5, 5.41) is 5.47. The predicted molar refractivity (Wildman–Crippen MR) is 104 cm³/mol. The molecule has 2 amide bonds. The molecule has 0 saturated heterocycles. The first-order valence-corrected chi connectivity index (χ1v) is 9.93. The minimum Gasteiger partial charge on any atom is -0.477 e. The number of hydrogen-bond donors (Lipinski definition) is 2. The summed E-state index contributed by atoms with van der Waals surface area (Å²) in [7, 11) is 1.58. The van der Waals surface area contributed by atoms with Gasteiger partial charge in [-0.15, -0.1) is 0 Å². The number of likely N-dealkylation sites (N-methyl/N-ethyl adjacent to an activating group) is 1. The SMILES string of the molecule is CNC(=O)[C@H](CC(C)(C)C)NC(=O)c1ccc(C2CC2)c(OCC2CC2)n1. The van der Waals surface area contributed by atoms with Crippen molar-refractivity contribution in [2.45, 2.75) is 64.8 Å². The first-order valence-electron chi connectivity index (χ1n) is 9.93. The monoisotopic (exact) mass is 373 g/mol. The van der Waals surface area contributed by atoms with Gasteiger partial charge in [0.25, 0.3) is 5.91 Å². The van der Waals surface area contributed by atoms with Crippen LogP contribution in [0.1, 0.15) is 74.8 Å². The zero-order chi connectivity index (χ0) is 19.6. The van der Waals surface area contributed by atoms with E-state index >= 15 is 0 Å². The first-order chi connectivity index (χ1) is 12.8. The topological polar surface area (TPSA) is 80.3 Å². The van der Waals surface area contributed by atoms with Crippen molar-refractivity contribution in [1.82, 2.24) is 15.6 Å². The Morgan fingerprint density at radius 1 is 1.22 bits per heavy atom. The molecular formula is C21H31N3O3. The molecule has 1 atom stereocenters. The summed E-state index contributed by atoms with van der Waals surface area (Å²) in [6, 6.07) is 3.11. The molecule has 0 aromatic carbocycles. The molecule has 6 heteroatoms. The van der Waals surface area contributed by atoms with Gasteiger partial charge in [-0.05, 0) is 55.4 Å². The average molecular weight is 373 g/mol. The molecule has 1 aromatic heterocycles. The summed E-state index contributed by atoms with van der Waals surface area (Å²) < 4.78 is 5.94. The number of nitrogens with zero attached hydrogens (tertiary/aromatic N) is 1. The van der Waals surface area contributed by atoms with Crippen molar-refractivity contribution in [2.24, 2.45) is 11.3 Å². The molecule has 0 aliphatic heterocycles. The quantitative estimate of drug-likeness (QED) is 0.734. The largest absolute Gasteiger partial charge is 0.477 e. The fraction of sp³-hybridized carbons (Fsp3) is 0.667. The summed E-state index contributed by atoms with van der Waals surface area (Å²) in [5.41, 5.74) is 1.31. The smallest absolute Gasteiger partial charge is 0.270 e. The Bertz CT molecular complexity index is 703. The highest BCUT2D eigenvalue weighted by molar-refractivity contribution is 5.96. The molecule has 2 aliphatic carbocycles. The van der Waals surface area contributed by atoms with E-state index in [0.29, 0.717) is 36.4 Å². The summed E-state index contributed by atoms with van der Waals surface area (Å²) >= 11 is 0. The number of aromatic nitrogens is 1. The molecule has 0 radical (unpaired) electrons. The maximum Gasteiger partial charge on any atom is 0.270 e. The fourth-order valence-electron chi connectivity index (χ4n) is 3.11. The second-order valence-electron chi connectivity index (χ2n) is 9.02. The third-order valence-corrected chi connectivity index (χ3v) is 4.98.